The molecular weight excluding hydrogens is 164 g/mol. The van der Waals surface area contributed by atoms with Crippen LogP contribution in [0.5, 0.6) is 0 Å². The van der Waals surface area contributed by atoms with Gasteiger partial charge < -0.3 is 10.8 Å². The van der Waals surface area contributed by atoms with Crippen LogP contribution in [0.1, 0.15) is 33.1 Å². The topological polar surface area (TPSA) is 49.5 Å². The molecule has 0 spiro atoms. The van der Waals surface area contributed by atoms with Gasteiger partial charge in [-0.05, 0) is 26.3 Å². The van der Waals surface area contributed by atoms with Crippen molar-refractivity contribution in [2.24, 2.45) is 5.73 Å². The molecule has 3 heteroatoms. The maximum absolute atomic E-state index is 9.53. The zero-order valence-corrected chi connectivity index (χ0v) is 8.95. The van der Waals surface area contributed by atoms with Crippen molar-refractivity contribution in [1.82, 2.24) is 4.90 Å². The standard InChI is InChI=1S/C10H22N2O/c1-4-10(11,5-2)9-6-8(13)7-12(9)3/h8-9,13H,4-7,11H2,1-3H3. The van der Waals surface area contributed by atoms with Crippen molar-refractivity contribution in [3.8, 4) is 0 Å². The Kier molecular flexibility index (Phi) is 3.33. The highest BCUT2D eigenvalue weighted by molar-refractivity contribution is 4.99. The van der Waals surface area contributed by atoms with Gasteiger partial charge in [-0.2, -0.15) is 0 Å². The number of aliphatic hydroxyl groups excluding tert-OH is 1. The van der Waals surface area contributed by atoms with Crippen molar-refractivity contribution in [2.75, 3.05) is 13.6 Å². The summed E-state index contributed by atoms with van der Waals surface area (Å²) in [5.74, 6) is 0. The predicted octanol–water partition coefficient (Wildman–Crippen LogP) is 0.569. The summed E-state index contributed by atoms with van der Waals surface area (Å²) in [6.07, 6.45) is 2.60. The minimum atomic E-state index is -0.184. The number of aliphatic hydroxyl groups is 1. The molecule has 0 amide bonds. The Hall–Kier alpha value is -0.120. The average Bonchev–Trinajstić information content (AvgIpc) is 2.44. The van der Waals surface area contributed by atoms with E-state index < -0.39 is 0 Å². The van der Waals surface area contributed by atoms with E-state index in [2.05, 4.69) is 18.7 Å². The van der Waals surface area contributed by atoms with Gasteiger partial charge in [0.15, 0.2) is 0 Å². The highest BCUT2D eigenvalue weighted by Crippen LogP contribution is 2.28. The van der Waals surface area contributed by atoms with Crippen LogP contribution < -0.4 is 5.73 Å². The maximum Gasteiger partial charge on any atom is 0.0682 e. The van der Waals surface area contributed by atoms with Crippen LogP contribution in [0.15, 0.2) is 0 Å². The summed E-state index contributed by atoms with van der Waals surface area (Å²) >= 11 is 0. The van der Waals surface area contributed by atoms with Gasteiger partial charge in [0, 0.05) is 18.1 Å². The molecule has 0 radical (unpaired) electrons. The second kappa shape index (κ2) is 3.95. The number of nitrogens with two attached hydrogens (primary N) is 1. The monoisotopic (exact) mass is 186 g/mol. The van der Waals surface area contributed by atoms with Crippen LogP contribution >= 0.6 is 0 Å². The Morgan fingerprint density at radius 2 is 2.00 bits per heavy atom. The van der Waals surface area contributed by atoms with Crippen LogP contribution in [0, 0.1) is 0 Å². The molecule has 78 valence electrons. The minimum Gasteiger partial charge on any atom is -0.392 e. The van der Waals surface area contributed by atoms with Crippen LogP contribution in [-0.4, -0.2) is 41.3 Å². The first-order valence-corrected chi connectivity index (χ1v) is 5.20. The molecule has 3 N–H and O–H groups in total. The molecule has 1 aliphatic heterocycles. The molecule has 0 bridgehead atoms. The van der Waals surface area contributed by atoms with E-state index >= 15 is 0 Å². The second-order valence-electron chi connectivity index (χ2n) is 4.29. The van der Waals surface area contributed by atoms with Crippen LogP contribution in [0.3, 0.4) is 0 Å². The van der Waals surface area contributed by atoms with Crippen LogP contribution in [0.25, 0.3) is 0 Å². The normalized spacial score (nSPS) is 31.2. The van der Waals surface area contributed by atoms with Crippen molar-refractivity contribution >= 4 is 0 Å². The van der Waals surface area contributed by atoms with Gasteiger partial charge in [-0.25, -0.2) is 0 Å². The van der Waals surface area contributed by atoms with Crippen molar-refractivity contribution in [1.29, 1.82) is 0 Å². The van der Waals surface area contributed by atoms with E-state index in [1.54, 1.807) is 0 Å². The zero-order chi connectivity index (χ0) is 10.1. The molecular formula is C10H22N2O. The molecule has 13 heavy (non-hydrogen) atoms. The van der Waals surface area contributed by atoms with E-state index in [0.29, 0.717) is 6.04 Å². The Balaban J connectivity index is 2.69. The summed E-state index contributed by atoms with van der Waals surface area (Å²) in [4.78, 5) is 2.19. The van der Waals surface area contributed by atoms with Crippen LogP contribution in [-0.2, 0) is 0 Å². The first kappa shape index (κ1) is 11.0. The molecule has 2 unspecified atom stereocenters. The Morgan fingerprint density at radius 3 is 2.31 bits per heavy atom. The molecule has 0 aromatic heterocycles. The van der Waals surface area contributed by atoms with Gasteiger partial charge in [0.1, 0.15) is 0 Å². The number of likely N-dealkylation sites (N-methyl/N-ethyl adjacent to an activating group) is 1. The average molecular weight is 186 g/mol. The van der Waals surface area contributed by atoms with Crippen molar-refractivity contribution < 1.29 is 5.11 Å². The number of likely N-dealkylation sites (tertiary alicyclic amines) is 1. The largest absolute Gasteiger partial charge is 0.392 e. The lowest BCUT2D eigenvalue weighted by Gasteiger charge is -2.37. The number of β-amino-alcohol motifs (C(OH)–C–C–N with tert-alkyl or cyclic N) is 1. The third-order valence-electron chi connectivity index (χ3n) is 3.51. The molecule has 1 rings (SSSR count). The minimum absolute atomic E-state index is 0.119. The van der Waals surface area contributed by atoms with E-state index in [0.717, 1.165) is 25.8 Å². The van der Waals surface area contributed by atoms with E-state index in [9.17, 15) is 5.11 Å². The summed E-state index contributed by atoms with van der Waals surface area (Å²) in [6, 6.07) is 0.345. The Morgan fingerprint density at radius 1 is 1.46 bits per heavy atom. The summed E-state index contributed by atoms with van der Waals surface area (Å²) < 4.78 is 0. The van der Waals surface area contributed by atoms with E-state index in [1.165, 1.54) is 0 Å². The highest BCUT2D eigenvalue weighted by atomic mass is 16.3. The molecule has 0 saturated carbocycles. The summed E-state index contributed by atoms with van der Waals surface area (Å²) in [5.41, 5.74) is 6.18. The van der Waals surface area contributed by atoms with E-state index in [-0.39, 0.29) is 11.6 Å². The van der Waals surface area contributed by atoms with Gasteiger partial charge in [0.2, 0.25) is 0 Å². The van der Waals surface area contributed by atoms with Gasteiger partial charge in [0.25, 0.3) is 0 Å². The molecule has 1 heterocycles. The van der Waals surface area contributed by atoms with Gasteiger partial charge in [-0.1, -0.05) is 13.8 Å². The molecule has 1 fully saturated rings. The fourth-order valence-corrected chi connectivity index (χ4v) is 2.37. The van der Waals surface area contributed by atoms with Gasteiger partial charge >= 0.3 is 0 Å². The molecule has 1 aliphatic rings. The van der Waals surface area contributed by atoms with Crippen molar-refractivity contribution in [3.05, 3.63) is 0 Å². The molecule has 1 saturated heterocycles. The lowest BCUT2D eigenvalue weighted by atomic mass is 9.84. The fraction of sp³-hybridized carbons (Fsp3) is 1.00. The third-order valence-corrected chi connectivity index (χ3v) is 3.51. The second-order valence-corrected chi connectivity index (χ2v) is 4.29. The molecule has 0 aromatic rings. The van der Waals surface area contributed by atoms with E-state index in [1.807, 2.05) is 7.05 Å². The van der Waals surface area contributed by atoms with Gasteiger partial charge in [-0.15, -0.1) is 0 Å². The van der Waals surface area contributed by atoms with Crippen LogP contribution in [0.4, 0.5) is 0 Å². The molecule has 0 aliphatic carbocycles. The number of hydrogen-bond acceptors (Lipinski definition) is 3. The zero-order valence-electron chi connectivity index (χ0n) is 8.95. The lowest BCUT2D eigenvalue weighted by Crippen LogP contribution is -2.54. The summed E-state index contributed by atoms with van der Waals surface area (Å²) in [6.45, 7) is 5.02. The Bertz CT molecular complexity index is 168. The first-order valence-electron chi connectivity index (χ1n) is 5.20. The summed E-state index contributed by atoms with van der Waals surface area (Å²) in [5, 5.41) is 9.53. The summed E-state index contributed by atoms with van der Waals surface area (Å²) in [7, 11) is 2.05. The molecule has 0 aromatic carbocycles. The predicted molar refractivity (Wildman–Crippen MR) is 54.5 cm³/mol. The maximum atomic E-state index is 9.53. The molecule has 3 nitrogen and oxygen atoms in total. The highest BCUT2D eigenvalue weighted by Gasteiger charge is 2.40. The molecule has 2 atom stereocenters. The van der Waals surface area contributed by atoms with E-state index in [4.69, 9.17) is 5.73 Å². The fourth-order valence-electron chi connectivity index (χ4n) is 2.37. The lowest BCUT2D eigenvalue weighted by molar-refractivity contribution is 0.180. The van der Waals surface area contributed by atoms with Gasteiger partial charge in [-0.3, -0.25) is 4.90 Å². The van der Waals surface area contributed by atoms with Gasteiger partial charge in [0.05, 0.1) is 6.10 Å². The first-order chi connectivity index (χ1) is 6.03. The number of hydrogen-bond donors (Lipinski definition) is 2. The van der Waals surface area contributed by atoms with Crippen molar-refractivity contribution in [3.63, 3.8) is 0 Å². The SMILES string of the molecule is CCC(N)(CC)C1CC(O)CN1C. The van der Waals surface area contributed by atoms with Crippen LogP contribution in [0.2, 0.25) is 0 Å². The number of nitrogens with zero attached hydrogens (tertiary/aromatic N) is 1. The van der Waals surface area contributed by atoms with Crippen molar-refractivity contribution in [2.45, 2.75) is 50.8 Å². The number of rotatable bonds is 3. The quantitative estimate of drug-likeness (QED) is 0.677. The Labute approximate surface area is 80.9 Å². The smallest absolute Gasteiger partial charge is 0.0682 e. The third kappa shape index (κ3) is 2.03.